The summed E-state index contributed by atoms with van der Waals surface area (Å²) in [4.78, 5) is 23.9. The number of amides is 3. The number of phenols is 1. The van der Waals surface area contributed by atoms with Crippen molar-refractivity contribution in [2.45, 2.75) is 6.42 Å². The lowest BCUT2D eigenvalue weighted by atomic mass is 10.2. The van der Waals surface area contributed by atoms with Gasteiger partial charge in [0.05, 0.1) is 12.6 Å². The van der Waals surface area contributed by atoms with Gasteiger partial charge >= 0.3 is 6.03 Å². The molecule has 0 unspecified atom stereocenters. The highest BCUT2D eigenvalue weighted by Gasteiger charge is 2.11. The Morgan fingerprint density at radius 3 is 2.52 bits per heavy atom. The minimum atomic E-state index is -0.460. The van der Waals surface area contributed by atoms with E-state index in [1.807, 2.05) is 0 Å². The number of halogens is 1. The Morgan fingerprint density at radius 2 is 1.79 bits per heavy atom. The van der Waals surface area contributed by atoms with Gasteiger partial charge in [-0.05, 0) is 54.1 Å². The van der Waals surface area contributed by atoms with Crippen LogP contribution in [0.15, 0.2) is 58.1 Å². The Balaban J connectivity index is 1.46. The fourth-order valence-electron chi connectivity index (χ4n) is 2.08. The second-order valence-corrected chi connectivity index (χ2v) is 7.63. The van der Waals surface area contributed by atoms with Crippen molar-refractivity contribution in [3.63, 3.8) is 0 Å². The molecule has 0 saturated carbocycles. The predicted molar refractivity (Wildman–Crippen MR) is 114 cm³/mol. The van der Waals surface area contributed by atoms with Gasteiger partial charge in [-0.1, -0.05) is 27.3 Å². The van der Waals surface area contributed by atoms with Gasteiger partial charge in [0.1, 0.15) is 10.8 Å². The smallest absolute Gasteiger partial charge is 0.325 e. The molecule has 0 saturated heterocycles. The van der Waals surface area contributed by atoms with E-state index in [1.54, 1.807) is 36.4 Å². The number of carbonyl (C=O) groups is 2. The van der Waals surface area contributed by atoms with Crippen LogP contribution in [0.1, 0.15) is 10.6 Å². The van der Waals surface area contributed by atoms with Crippen LogP contribution in [-0.2, 0) is 11.2 Å². The predicted octanol–water partition coefficient (Wildman–Crippen LogP) is 3.34. The Bertz CT molecular complexity index is 1020. The van der Waals surface area contributed by atoms with Crippen molar-refractivity contribution < 1.29 is 14.7 Å². The van der Waals surface area contributed by atoms with Gasteiger partial charge in [0.2, 0.25) is 11.0 Å². The number of nitrogens with zero attached hydrogens (tertiary/aromatic N) is 3. The van der Waals surface area contributed by atoms with E-state index in [-0.39, 0.29) is 23.2 Å². The van der Waals surface area contributed by atoms with Crippen LogP contribution in [0.4, 0.5) is 15.6 Å². The molecule has 3 rings (SSSR count). The molecule has 0 fully saturated rings. The normalized spacial score (nSPS) is 10.7. The van der Waals surface area contributed by atoms with E-state index in [2.05, 4.69) is 47.3 Å². The zero-order valence-electron chi connectivity index (χ0n) is 14.8. The molecule has 0 atom stereocenters. The van der Waals surface area contributed by atoms with Gasteiger partial charge in [-0.2, -0.15) is 5.10 Å². The Morgan fingerprint density at radius 1 is 1.07 bits per heavy atom. The molecule has 1 aromatic heterocycles. The van der Waals surface area contributed by atoms with E-state index >= 15 is 0 Å². The van der Waals surface area contributed by atoms with Crippen LogP contribution >= 0.6 is 27.3 Å². The monoisotopic (exact) mass is 474 g/mol. The standard InChI is InChI=1S/C18H15BrN6O3S/c19-12-3-5-13(6-4-12)21-17(28)22-18-25-24-16(29-18)9-15(27)23-20-10-11-1-7-14(26)8-2-11/h1-8,10,26H,9H2,(H,23,27)(H2,21,22,25,28)/b20-10-. The maximum absolute atomic E-state index is 12.0. The molecule has 0 aliphatic rings. The molecule has 0 radical (unpaired) electrons. The number of aromatic hydroxyl groups is 1. The minimum absolute atomic E-state index is 0.0272. The average molecular weight is 475 g/mol. The summed E-state index contributed by atoms with van der Waals surface area (Å²) >= 11 is 4.41. The average Bonchev–Trinajstić information content (AvgIpc) is 3.11. The van der Waals surface area contributed by atoms with Crippen LogP contribution in [-0.4, -0.2) is 33.5 Å². The largest absolute Gasteiger partial charge is 0.508 e. The molecule has 1 heterocycles. The first kappa shape index (κ1) is 20.4. The molecule has 0 aliphatic carbocycles. The van der Waals surface area contributed by atoms with E-state index in [9.17, 15) is 14.7 Å². The topological polar surface area (TPSA) is 129 Å². The molecule has 2 aromatic carbocycles. The molecule has 9 nitrogen and oxygen atoms in total. The summed E-state index contributed by atoms with van der Waals surface area (Å²) in [6.07, 6.45) is 1.43. The number of phenolic OH excluding ortho intramolecular Hbond substituents is 1. The molecular formula is C18H15BrN6O3S. The number of hydrogen-bond acceptors (Lipinski definition) is 7. The highest BCUT2D eigenvalue weighted by Crippen LogP contribution is 2.17. The number of urea groups is 1. The molecule has 4 N–H and O–H groups in total. The van der Waals surface area contributed by atoms with Gasteiger partial charge in [-0.15, -0.1) is 10.2 Å². The Labute approximate surface area is 178 Å². The molecule has 0 spiro atoms. The lowest BCUT2D eigenvalue weighted by Gasteiger charge is -2.04. The van der Waals surface area contributed by atoms with E-state index in [4.69, 9.17) is 0 Å². The number of hydrogen-bond donors (Lipinski definition) is 4. The van der Waals surface area contributed by atoms with E-state index in [0.29, 0.717) is 10.7 Å². The van der Waals surface area contributed by atoms with Crippen LogP contribution in [0.5, 0.6) is 5.75 Å². The quantitative estimate of drug-likeness (QED) is 0.321. The third-order valence-electron chi connectivity index (χ3n) is 3.40. The third kappa shape index (κ3) is 6.66. The van der Waals surface area contributed by atoms with Gasteiger partial charge in [-0.25, -0.2) is 10.2 Å². The molecular weight excluding hydrogens is 460 g/mol. The summed E-state index contributed by atoms with van der Waals surface area (Å²) < 4.78 is 0.905. The summed E-state index contributed by atoms with van der Waals surface area (Å²) in [5.41, 5.74) is 3.74. The maximum Gasteiger partial charge on any atom is 0.325 e. The molecule has 148 valence electrons. The van der Waals surface area contributed by atoms with Crippen molar-refractivity contribution in [3.8, 4) is 5.75 Å². The van der Waals surface area contributed by atoms with Gasteiger partial charge in [0, 0.05) is 10.2 Å². The van der Waals surface area contributed by atoms with Gasteiger partial charge in [-0.3, -0.25) is 10.1 Å². The van der Waals surface area contributed by atoms with E-state index < -0.39 is 6.03 Å². The van der Waals surface area contributed by atoms with Crippen LogP contribution in [0, 0.1) is 0 Å². The lowest BCUT2D eigenvalue weighted by Crippen LogP contribution is -2.19. The van der Waals surface area contributed by atoms with Crippen molar-refractivity contribution in [1.29, 1.82) is 0 Å². The third-order valence-corrected chi connectivity index (χ3v) is 4.76. The van der Waals surface area contributed by atoms with E-state index in [1.165, 1.54) is 18.3 Å². The van der Waals surface area contributed by atoms with Crippen LogP contribution in [0.25, 0.3) is 0 Å². The maximum atomic E-state index is 12.0. The van der Waals surface area contributed by atoms with Crippen LogP contribution < -0.4 is 16.1 Å². The Hall–Kier alpha value is -3.31. The summed E-state index contributed by atoms with van der Waals surface area (Å²) in [5, 5.41) is 26.7. The molecule has 11 heteroatoms. The number of hydrazone groups is 1. The van der Waals surface area contributed by atoms with Crippen LogP contribution in [0.3, 0.4) is 0 Å². The van der Waals surface area contributed by atoms with Crippen molar-refractivity contribution in [3.05, 3.63) is 63.6 Å². The zero-order valence-corrected chi connectivity index (χ0v) is 17.2. The van der Waals surface area contributed by atoms with Crippen LogP contribution in [0.2, 0.25) is 0 Å². The van der Waals surface area contributed by atoms with E-state index in [0.717, 1.165) is 21.4 Å². The summed E-state index contributed by atoms with van der Waals surface area (Å²) in [6, 6.07) is 13.0. The number of rotatable bonds is 6. The first-order valence-electron chi connectivity index (χ1n) is 8.25. The number of carbonyl (C=O) groups excluding carboxylic acids is 2. The highest BCUT2D eigenvalue weighted by molar-refractivity contribution is 9.10. The number of anilines is 2. The summed E-state index contributed by atoms with van der Waals surface area (Å²) in [7, 11) is 0. The summed E-state index contributed by atoms with van der Waals surface area (Å²) in [6.45, 7) is 0. The number of aromatic nitrogens is 2. The van der Waals surface area contributed by atoms with Crippen molar-refractivity contribution in [2.75, 3.05) is 10.6 Å². The number of nitrogens with one attached hydrogen (secondary N) is 3. The molecule has 0 bridgehead atoms. The van der Waals surface area contributed by atoms with Gasteiger partial charge < -0.3 is 10.4 Å². The second-order valence-electron chi connectivity index (χ2n) is 5.65. The van der Waals surface area contributed by atoms with Crippen molar-refractivity contribution in [1.82, 2.24) is 15.6 Å². The first-order chi connectivity index (χ1) is 14.0. The number of benzene rings is 2. The van der Waals surface area contributed by atoms with Crippen molar-refractivity contribution >= 4 is 56.2 Å². The fraction of sp³-hybridized carbons (Fsp3) is 0.0556. The van der Waals surface area contributed by atoms with Gasteiger partial charge in [0.25, 0.3) is 0 Å². The SMILES string of the molecule is O=C(Cc1nnc(NC(=O)Nc2ccc(Br)cc2)s1)N/N=C\c1ccc(O)cc1. The fourth-order valence-corrected chi connectivity index (χ4v) is 3.08. The minimum Gasteiger partial charge on any atom is -0.508 e. The molecule has 0 aliphatic heterocycles. The highest BCUT2D eigenvalue weighted by atomic mass is 79.9. The zero-order chi connectivity index (χ0) is 20.6. The molecule has 3 amide bonds. The first-order valence-corrected chi connectivity index (χ1v) is 9.86. The van der Waals surface area contributed by atoms with Crippen molar-refractivity contribution in [2.24, 2.45) is 5.10 Å². The molecule has 29 heavy (non-hydrogen) atoms. The van der Waals surface area contributed by atoms with Gasteiger partial charge in [0.15, 0.2) is 0 Å². The molecule has 3 aromatic rings. The summed E-state index contributed by atoms with van der Waals surface area (Å²) in [5.74, 6) is -0.223. The Kier molecular flexibility index (Phi) is 6.87. The lowest BCUT2D eigenvalue weighted by molar-refractivity contribution is -0.120. The second kappa shape index (κ2) is 9.75.